The van der Waals surface area contributed by atoms with Crippen LogP contribution in [0.15, 0.2) is 35.1 Å². The molecule has 0 saturated carbocycles. The first-order chi connectivity index (χ1) is 9.13. The zero-order valence-electron chi connectivity index (χ0n) is 11.1. The van der Waals surface area contributed by atoms with Crippen LogP contribution in [0.4, 0.5) is 0 Å². The molecule has 1 aromatic heterocycles. The number of ether oxygens (including phenoxy) is 1. The molecule has 2 rings (SSSR count). The van der Waals surface area contributed by atoms with Crippen LogP contribution < -0.4 is 16.0 Å². The zero-order chi connectivity index (χ0) is 13.8. The van der Waals surface area contributed by atoms with Gasteiger partial charge >= 0.3 is 0 Å². The summed E-state index contributed by atoms with van der Waals surface area (Å²) in [7, 11) is 1.62. The van der Waals surface area contributed by atoms with Crippen molar-refractivity contribution in [3.63, 3.8) is 0 Å². The molecule has 100 valence electrons. The van der Waals surface area contributed by atoms with Crippen LogP contribution in [0, 0.1) is 6.92 Å². The molecule has 0 amide bonds. The van der Waals surface area contributed by atoms with Crippen LogP contribution >= 0.6 is 0 Å². The number of benzene rings is 1. The normalized spacial score (nSPS) is 10.5. The Morgan fingerprint density at radius 1 is 1.32 bits per heavy atom. The summed E-state index contributed by atoms with van der Waals surface area (Å²) in [5.41, 5.74) is 7.99. The van der Waals surface area contributed by atoms with Gasteiger partial charge in [-0.1, -0.05) is 12.1 Å². The van der Waals surface area contributed by atoms with Crippen molar-refractivity contribution >= 4 is 0 Å². The summed E-state index contributed by atoms with van der Waals surface area (Å²) in [5.74, 6) is 0.790. The van der Waals surface area contributed by atoms with Gasteiger partial charge in [0.2, 0.25) is 0 Å². The van der Waals surface area contributed by atoms with Crippen LogP contribution in [-0.2, 0) is 13.1 Å². The van der Waals surface area contributed by atoms with Crippen molar-refractivity contribution in [1.29, 1.82) is 0 Å². The molecule has 0 atom stereocenters. The number of hydrogen-bond donors (Lipinski definition) is 1. The summed E-state index contributed by atoms with van der Waals surface area (Å²) in [6.45, 7) is 2.62. The van der Waals surface area contributed by atoms with Crippen molar-refractivity contribution in [1.82, 2.24) is 9.78 Å². The SMILES string of the molecule is COc1ccc(Cn2nc(C)c(CN)cc2=O)cc1. The molecule has 0 radical (unpaired) electrons. The van der Waals surface area contributed by atoms with Gasteiger partial charge in [0.1, 0.15) is 5.75 Å². The smallest absolute Gasteiger partial charge is 0.267 e. The van der Waals surface area contributed by atoms with E-state index in [4.69, 9.17) is 10.5 Å². The number of aryl methyl sites for hydroxylation is 1. The lowest BCUT2D eigenvalue weighted by Gasteiger charge is -2.08. The Balaban J connectivity index is 2.27. The topological polar surface area (TPSA) is 70.1 Å². The van der Waals surface area contributed by atoms with E-state index in [0.29, 0.717) is 13.1 Å². The molecular weight excluding hydrogens is 242 g/mol. The third kappa shape index (κ3) is 3.00. The highest BCUT2D eigenvalue weighted by Crippen LogP contribution is 2.11. The number of nitrogens with two attached hydrogens (primary N) is 1. The predicted octanol–water partition coefficient (Wildman–Crippen LogP) is 1.07. The Labute approximate surface area is 111 Å². The zero-order valence-corrected chi connectivity index (χ0v) is 11.1. The first-order valence-electron chi connectivity index (χ1n) is 6.04. The van der Waals surface area contributed by atoms with E-state index in [1.54, 1.807) is 13.2 Å². The van der Waals surface area contributed by atoms with Crippen LogP contribution in [0.25, 0.3) is 0 Å². The average Bonchev–Trinajstić information content (AvgIpc) is 2.43. The highest BCUT2D eigenvalue weighted by Gasteiger charge is 2.05. The molecule has 19 heavy (non-hydrogen) atoms. The Morgan fingerprint density at radius 2 is 2.00 bits per heavy atom. The Bertz CT molecular complexity index is 618. The third-order valence-corrected chi connectivity index (χ3v) is 3.00. The van der Waals surface area contributed by atoms with Gasteiger partial charge in [-0.2, -0.15) is 5.10 Å². The Hall–Kier alpha value is -2.14. The quantitative estimate of drug-likeness (QED) is 0.891. The molecule has 0 aliphatic rings. The van der Waals surface area contributed by atoms with Gasteiger partial charge in [-0.3, -0.25) is 4.79 Å². The van der Waals surface area contributed by atoms with E-state index in [2.05, 4.69) is 5.10 Å². The minimum absolute atomic E-state index is 0.137. The van der Waals surface area contributed by atoms with E-state index >= 15 is 0 Å². The molecule has 0 fully saturated rings. The van der Waals surface area contributed by atoms with E-state index in [-0.39, 0.29) is 5.56 Å². The number of rotatable bonds is 4. The van der Waals surface area contributed by atoms with Crippen LogP contribution in [-0.4, -0.2) is 16.9 Å². The largest absolute Gasteiger partial charge is 0.497 e. The molecule has 0 aliphatic carbocycles. The van der Waals surface area contributed by atoms with Gasteiger partial charge in [0, 0.05) is 12.6 Å². The second kappa shape index (κ2) is 5.67. The van der Waals surface area contributed by atoms with Crippen molar-refractivity contribution in [3.8, 4) is 5.75 Å². The van der Waals surface area contributed by atoms with Gasteiger partial charge < -0.3 is 10.5 Å². The molecular formula is C14H17N3O2. The van der Waals surface area contributed by atoms with Gasteiger partial charge in [0.15, 0.2) is 0 Å². The van der Waals surface area contributed by atoms with Crippen molar-refractivity contribution in [2.45, 2.75) is 20.0 Å². The highest BCUT2D eigenvalue weighted by atomic mass is 16.5. The maximum atomic E-state index is 11.9. The van der Waals surface area contributed by atoms with Crippen molar-refractivity contribution in [3.05, 3.63) is 57.5 Å². The summed E-state index contributed by atoms with van der Waals surface area (Å²) in [6.07, 6.45) is 0. The molecule has 1 aromatic carbocycles. The lowest BCUT2D eigenvalue weighted by atomic mass is 10.2. The predicted molar refractivity (Wildman–Crippen MR) is 73.2 cm³/mol. The standard InChI is InChI=1S/C14H17N3O2/c1-10-12(8-15)7-14(18)17(16-10)9-11-3-5-13(19-2)6-4-11/h3-7H,8-9,15H2,1-2H3. The van der Waals surface area contributed by atoms with Crippen LogP contribution in [0.3, 0.4) is 0 Å². The van der Waals surface area contributed by atoms with E-state index in [9.17, 15) is 4.79 Å². The van der Waals surface area contributed by atoms with Gasteiger partial charge in [-0.25, -0.2) is 4.68 Å². The molecule has 5 heteroatoms. The minimum atomic E-state index is -0.137. The molecule has 0 spiro atoms. The van der Waals surface area contributed by atoms with Gasteiger partial charge in [-0.15, -0.1) is 0 Å². The molecule has 0 saturated heterocycles. The Kier molecular flexibility index (Phi) is 3.97. The summed E-state index contributed by atoms with van der Waals surface area (Å²) in [5, 5.41) is 4.27. The van der Waals surface area contributed by atoms with Gasteiger partial charge in [-0.05, 0) is 30.2 Å². The average molecular weight is 259 g/mol. The van der Waals surface area contributed by atoms with E-state index in [1.807, 2.05) is 31.2 Å². The lowest BCUT2D eigenvalue weighted by molar-refractivity contribution is 0.414. The molecule has 2 aromatic rings. The first kappa shape index (κ1) is 13.3. The van der Waals surface area contributed by atoms with Crippen molar-refractivity contribution in [2.24, 2.45) is 5.73 Å². The minimum Gasteiger partial charge on any atom is -0.497 e. The Morgan fingerprint density at radius 3 is 2.58 bits per heavy atom. The second-order valence-electron chi connectivity index (χ2n) is 4.30. The monoisotopic (exact) mass is 259 g/mol. The van der Waals surface area contributed by atoms with E-state index in [0.717, 1.165) is 22.6 Å². The second-order valence-corrected chi connectivity index (χ2v) is 4.30. The first-order valence-corrected chi connectivity index (χ1v) is 6.04. The molecule has 0 unspecified atom stereocenters. The number of aromatic nitrogens is 2. The summed E-state index contributed by atoms with van der Waals surface area (Å²) >= 11 is 0. The van der Waals surface area contributed by atoms with Crippen molar-refractivity contribution in [2.75, 3.05) is 7.11 Å². The highest BCUT2D eigenvalue weighted by molar-refractivity contribution is 5.27. The fourth-order valence-electron chi connectivity index (χ4n) is 1.85. The third-order valence-electron chi connectivity index (χ3n) is 3.00. The van der Waals surface area contributed by atoms with Crippen LogP contribution in [0.2, 0.25) is 0 Å². The molecule has 1 heterocycles. The van der Waals surface area contributed by atoms with Gasteiger partial charge in [0.05, 0.1) is 19.3 Å². The fraction of sp³-hybridized carbons (Fsp3) is 0.286. The number of nitrogens with zero attached hydrogens (tertiary/aromatic N) is 2. The molecule has 2 N–H and O–H groups in total. The lowest BCUT2D eigenvalue weighted by Crippen LogP contribution is -2.25. The van der Waals surface area contributed by atoms with E-state index < -0.39 is 0 Å². The van der Waals surface area contributed by atoms with Crippen molar-refractivity contribution < 1.29 is 4.74 Å². The van der Waals surface area contributed by atoms with Crippen LogP contribution in [0.1, 0.15) is 16.8 Å². The maximum Gasteiger partial charge on any atom is 0.267 e. The summed E-state index contributed by atoms with van der Waals surface area (Å²) < 4.78 is 6.54. The maximum absolute atomic E-state index is 11.9. The summed E-state index contributed by atoms with van der Waals surface area (Å²) in [6, 6.07) is 9.10. The van der Waals surface area contributed by atoms with E-state index in [1.165, 1.54) is 4.68 Å². The number of hydrogen-bond acceptors (Lipinski definition) is 4. The summed E-state index contributed by atoms with van der Waals surface area (Å²) in [4.78, 5) is 11.9. The molecule has 0 bridgehead atoms. The molecule has 5 nitrogen and oxygen atoms in total. The van der Waals surface area contributed by atoms with Gasteiger partial charge in [0.25, 0.3) is 5.56 Å². The fourth-order valence-corrected chi connectivity index (χ4v) is 1.85. The number of methoxy groups -OCH3 is 1. The molecule has 0 aliphatic heterocycles. The van der Waals surface area contributed by atoms with Crippen LogP contribution in [0.5, 0.6) is 5.75 Å².